The van der Waals surface area contributed by atoms with Gasteiger partial charge in [-0.1, -0.05) is 6.07 Å². The van der Waals surface area contributed by atoms with Gasteiger partial charge in [0.15, 0.2) is 0 Å². The number of carbonyl (C=O) groups excluding carboxylic acids is 2. The molecule has 1 aromatic carbocycles. The SMILES string of the molecule is O=C(NC1CCN(C(=O)c2ccc(F)cc2)CC1)c1ccccn1. The van der Waals surface area contributed by atoms with Crippen molar-refractivity contribution in [1.82, 2.24) is 15.2 Å². The van der Waals surface area contributed by atoms with Gasteiger partial charge in [0.2, 0.25) is 0 Å². The van der Waals surface area contributed by atoms with Crippen LogP contribution in [0.15, 0.2) is 48.7 Å². The molecule has 124 valence electrons. The summed E-state index contributed by atoms with van der Waals surface area (Å²) in [5.74, 6) is -0.661. The summed E-state index contributed by atoms with van der Waals surface area (Å²) in [6, 6.07) is 10.8. The second kappa shape index (κ2) is 7.21. The molecule has 1 aliphatic heterocycles. The average Bonchev–Trinajstić information content (AvgIpc) is 2.63. The third-order valence-corrected chi connectivity index (χ3v) is 4.11. The van der Waals surface area contributed by atoms with Gasteiger partial charge in [0, 0.05) is 30.9 Å². The van der Waals surface area contributed by atoms with Crippen molar-refractivity contribution in [2.24, 2.45) is 0 Å². The topological polar surface area (TPSA) is 62.3 Å². The first-order valence-electron chi connectivity index (χ1n) is 7.90. The van der Waals surface area contributed by atoms with Crippen molar-refractivity contribution < 1.29 is 14.0 Å². The molecule has 2 aromatic rings. The van der Waals surface area contributed by atoms with Crippen LogP contribution in [0.25, 0.3) is 0 Å². The molecule has 0 bridgehead atoms. The fourth-order valence-corrected chi connectivity index (χ4v) is 2.76. The molecule has 0 unspecified atom stereocenters. The number of benzene rings is 1. The Morgan fingerprint density at radius 3 is 2.42 bits per heavy atom. The number of carbonyl (C=O) groups is 2. The molecule has 0 spiro atoms. The Bertz CT molecular complexity index is 711. The smallest absolute Gasteiger partial charge is 0.270 e. The van der Waals surface area contributed by atoms with E-state index >= 15 is 0 Å². The Hall–Kier alpha value is -2.76. The lowest BCUT2D eigenvalue weighted by molar-refractivity contribution is 0.0697. The molecule has 2 amide bonds. The highest BCUT2D eigenvalue weighted by molar-refractivity contribution is 5.94. The highest BCUT2D eigenvalue weighted by atomic mass is 19.1. The fraction of sp³-hybridized carbons (Fsp3) is 0.278. The van der Waals surface area contributed by atoms with Gasteiger partial charge in [-0.3, -0.25) is 14.6 Å². The van der Waals surface area contributed by atoms with Gasteiger partial charge in [-0.2, -0.15) is 0 Å². The summed E-state index contributed by atoms with van der Waals surface area (Å²) in [5.41, 5.74) is 0.870. The van der Waals surface area contributed by atoms with Gasteiger partial charge in [-0.15, -0.1) is 0 Å². The number of rotatable bonds is 3. The number of amides is 2. The van der Waals surface area contributed by atoms with Crippen molar-refractivity contribution in [2.45, 2.75) is 18.9 Å². The van der Waals surface area contributed by atoms with Crippen molar-refractivity contribution in [2.75, 3.05) is 13.1 Å². The molecule has 0 aliphatic carbocycles. The van der Waals surface area contributed by atoms with Crippen molar-refractivity contribution in [3.05, 3.63) is 65.7 Å². The van der Waals surface area contributed by atoms with E-state index < -0.39 is 0 Å². The van der Waals surface area contributed by atoms with Gasteiger partial charge in [0.25, 0.3) is 11.8 Å². The van der Waals surface area contributed by atoms with Crippen LogP contribution in [-0.2, 0) is 0 Å². The van der Waals surface area contributed by atoms with Crippen molar-refractivity contribution in [3.63, 3.8) is 0 Å². The lowest BCUT2D eigenvalue weighted by Crippen LogP contribution is -2.46. The second-order valence-electron chi connectivity index (χ2n) is 5.76. The van der Waals surface area contributed by atoms with E-state index in [1.165, 1.54) is 24.3 Å². The molecule has 0 radical (unpaired) electrons. The highest BCUT2D eigenvalue weighted by Gasteiger charge is 2.25. The predicted octanol–water partition coefficient (Wildman–Crippen LogP) is 2.26. The van der Waals surface area contributed by atoms with Crippen LogP contribution in [0.3, 0.4) is 0 Å². The minimum absolute atomic E-state index is 0.0248. The number of hydrogen-bond acceptors (Lipinski definition) is 3. The molecular weight excluding hydrogens is 309 g/mol. The molecule has 0 atom stereocenters. The van der Waals surface area contributed by atoms with E-state index in [0.717, 1.165) is 0 Å². The predicted molar refractivity (Wildman–Crippen MR) is 87.0 cm³/mol. The zero-order chi connectivity index (χ0) is 16.9. The summed E-state index contributed by atoms with van der Waals surface area (Å²) in [7, 11) is 0. The number of likely N-dealkylation sites (tertiary alicyclic amines) is 1. The summed E-state index contributed by atoms with van der Waals surface area (Å²) in [6.07, 6.45) is 2.95. The van der Waals surface area contributed by atoms with Crippen LogP contribution in [0.4, 0.5) is 4.39 Å². The third-order valence-electron chi connectivity index (χ3n) is 4.11. The lowest BCUT2D eigenvalue weighted by atomic mass is 10.0. The quantitative estimate of drug-likeness (QED) is 0.940. The van der Waals surface area contributed by atoms with E-state index in [9.17, 15) is 14.0 Å². The summed E-state index contributed by atoms with van der Waals surface area (Å²) in [6.45, 7) is 1.12. The minimum atomic E-state index is -0.359. The normalized spacial score (nSPS) is 15.1. The third kappa shape index (κ3) is 3.76. The minimum Gasteiger partial charge on any atom is -0.348 e. The zero-order valence-corrected chi connectivity index (χ0v) is 13.1. The molecule has 1 saturated heterocycles. The van der Waals surface area contributed by atoms with E-state index in [1.807, 2.05) is 0 Å². The molecule has 5 nitrogen and oxygen atoms in total. The molecule has 1 fully saturated rings. The van der Waals surface area contributed by atoms with Gasteiger partial charge >= 0.3 is 0 Å². The Morgan fingerprint density at radius 1 is 1.08 bits per heavy atom. The number of hydrogen-bond donors (Lipinski definition) is 1. The van der Waals surface area contributed by atoms with E-state index in [1.54, 1.807) is 29.3 Å². The fourth-order valence-electron chi connectivity index (χ4n) is 2.76. The molecule has 6 heteroatoms. The molecule has 1 N–H and O–H groups in total. The van der Waals surface area contributed by atoms with Crippen LogP contribution in [0.2, 0.25) is 0 Å². The maximum Gasteiger partial charge on any atom is 0.270 e. The van der Waals surface area contributed by atoms with E-state index in [4.69, 9.17) is 0 Å². The first-order chi connectivity index (χ1) is 11.6. The molecule has 2 heterocycles. The lowest BCUT2D eigenvalue weighted by Gasteiger charge is -2.32. The number of pyridine rings is 1. The summed E-state index contributed by atoms with van der Waals surface area (Å²) < 4.78 is 12.9. The Kier molecular flexibility index (Phi) is 4.84. The van der Waals surface area contributed by atoms with Crippen LogP contribution in [0.1, 0.15) is 33.7 Å². The molecule has 3 rings (SSSR count). The molecule has 1 aliphatic rings. The number of halogens is 1. The number of nitrogens with one attached hydrogen (secondary N) is 1. The molecule has 0 saturated carbocycles. The highest BCUT2D eigenvalue weighted by Crippen LogP contribution is 2.15. The Labute approximate surface area is 139 Å². The maximum atomic E-state index is 12.9. The second-order valence-corrected chi connectivity index (χ2v) is 5.76. The molecule has 1 aromatic heterocycles. The van der Waals surface area contributed by atoms with Gasteiger partial charge in [-0.05, 0) is 49.2 Å². The summed E-state index contributed by atoms with van der Waals surface area (Å²) in [4.78, 5) is 30.2. The van der Waals surface area contributed by atoms with E-state index in [-0.39, 0.29) is 23.7 Å². The van der Waals surface area contributed by atoms with Gasteiger partial charge < -0.3 is 10.2 Å². The average molecular weight is 327 g/mol. The van der Waals surface area contributed by atoms with E-state index in [0.29, 0.717) is 37.2 Å². The van der Waals surface area contributed by atoms with Gasteiger partial charge in [-0.25, -0.2) is 4.39 Å². The standard InChI is InChI=1S/C18H18FN3O2/c19-14-6-4-13(5-7-14)18(24)22-11-8-15(9-12-22)21-17(23)16-3-1-2-10-20-16/h1-7,10,15H,8-9,11-12H2,(H,21,23). The molecular formula is C18H18FN3O2. The summed E-state index contributed by atoms with van der Waals surface area (Å²) in [5, 5.41) is 2.95. The first-order valence-corrected chi connectivity index (χ1v) is 7.90. The van der Waals surface area contributed by atoms with Gasteiger partial charge in [0.05, 0.1) is 0 Å². The van der Waals surface area contributed by atoms with Crippen molar-refractivity contribution in [1.29, 1.82) is 0 Å². The van der Waals surface area contributed by atoms with Crippen molar-refractivity contribution in [3.8, 4) is 0 Å². The first kappa shape index (κ1) is 16.1. The maximum absolute atomic E-state index is 12.9. The number of aromatic nitrogens is 1. The van der Waals surface area contributed by atoms with Crippen molar-refractivity contribution >= 4 is 11.8 Å². The monoisotopic (exact) mass is 327 g/mol. The Morgan fingerprint density at radius 2 is 1.79 bits per heavy atom. The number of nitrogens with zero attached hydrogens (tertiary/aromatic N) is 2. The van der Waals surface area contributed by atoms with Crippen LogP contribution in [0.5, 0.6) is 0 Å². The van der Waals surface area contributed by atoms with Crippen LogP contribution in [-0.4, -0.2) is 40.8 Å². The molecule has 24 heavy (non-hydrogen) atoms. The Balaban J connectivity index is 1.53. The summed E-state index contributed by atoms with van der Waals surface area (Å²) >= 11 is 0. The van der Waals surface area contributed by atoms with Crippen LogP contribution < -0.4 is 5.32 Å². The van der Waals surface area contributed by atoms with E-state index in [2.05, 4.69) is 10.3 Å². The van der Waals surface area contributed by atoms with Crippen LogP contribution >= 0.6 is 0 Å². The van der Waals surface area contributed by atoms with Gasteiger partial charge in [0.1, 0.15) is 11.5 Å². The van der Waals surface area contributed by atoms with Crippen LogP contribution in [0, 0.1) is 5.82 Å². The largest absolute Gasteiger partial charge is 0.348 e. The number of piperidine rings is 1. The zero-order valence-electron chi connectivity index (χ0n) is 13.1.